The normalized spacial score (nSPS) is 11.9. The van der Waals surface area contributed by atoms with E-state index in [4.69, 9.17) is 4.42 Å². The first-order chi connectivity index (χ1) is 13.7. The second kappa shape index (κ2) is 6.43. The van der Waals surface area contributed by atoms with Crippen LogP contribution < -0.4 is 0 Å². The Hall–Kier alpha value is -1.64. The van der Waals surface area contributed by atoms with Crippen molar-refractivity contribution in [1.29, 1.82) is 0 Å². The lowest BCUT2D eigenvalue weighted by molar-refractivity contribution is 0.669. The zero-order valence-electron chi connectivity index (χ0n) is 14.5. The molecule has 28 heavy (non-hydrogen) atoms. The predicted octanol–water partition coefficient (Wildman–Crippen LogP) is 8.83. The Morgan fingerprint density at radius 3 is 2.43 bits per heavy atom. The van der Waals surface area contributed by atoms with Crippen LogP contribution in [0.1, 0.15) is 0 Å². The van der Waals surface area contributed by atoms with Gasteiger partial charge in [-0.2, -0.15) is 0 Å². The van der Waals surface area contributed by atoms with Crippen LogP contribution in [0.25, 0.3) is 53.2 Å². The van der Waals surface area contributed by atoms with E-state index in [2.05, 4.69) is 106 Å². The summed E-state index contributed by atoms with van der Waals surface area (Å²) in [4.78, 5) is 0. The largest absolute Gasteiger partial charge is 0.456 e. The van der Waals surface area contributed by atoms with Crippen LogP contribution in [0, 0.1) is 7.14 Å². The van der Waals surface area contributed by atoms with Crippen molar-refractivity contribution in [2.45, 2.75) is 0 Å². The van der Waals surface area contributed by atoms with Gasteiger partial charge in [0, 0.05) is 38.1 Å². The molecule has 0 aliphatic rings. The summed E-state index contributed by atoms with van der Waals surface area (Å²) < 4.78 is 11.4. The third kappa shape index (κ3) is 2.54. The molecule has 134 valence electrons. The number of hydrogen-bond donors (Lipinski definition) is 0. The molecule has 0 saturated carbocycles. The third-order valence-corrected chi connectivity index (χ3v) is 8.09. The molecule has 6 aromatic rings. The number of benzene rings is 4. The molecule has 4 heteroatoms. The molecule has 0 atom stereocenters. The van der Waals surface area contributed by atoms with Crippen LogP contribution in [0.4, 0.5) is 0 Å². The maximum absolute atomic E-state index is 6.15. The van der Waals surface area contributed by atoms with Crippen molar-refractivity contribution < 1.29 is 4.42 Å². The van der Waals surface area contributed by atoms with Crippen molar-refractivity contribution in [3.8, 4) is 11.1 Å². The fraction of sp³-hybridized carbons (Fsp3) is 0. The minimum atomic E-state index is 0.946. The molecule has 2 heterocycles. The smallest absolute Gasteiger partial charge is 0.137 e. The molecule has 1 nitrogen and oxygen atoms in total. The lowest BCUT2D eigenvalue weighted by Crippen LogP contribution is -1.82. The molecule has 0 bridgehead atoms. The number of fused-ring (bicyclic) bond motifs is 6. The standard InChI is InChI=1S/C24H12I2OS/c25-17-5-3-7-22-24(17)16-10-13(8-9-21(16)28-22)14-11-18(26)23-15-4-1-2-6-19(15)27-20(23)12-14/h1-12H. The number of para-hydroxylation sites is 1. The van der Waals surface area contributed by atoms with Gasteiger partial charge in [-0.1, -0.05) is 30.3 Å². The summed E-state index contributed by atoms with van der Waals surface area (Å²) in [7, 11) is 0. The number of thiophene rings is 1. The highest BCUT2D eigenvalue weighted by Crippen LogP contribution is 2.40. The Labute approximate surface area is 192 Å². The Bertz CT molecular complexity index is 1540. The fourth-order valence-corrected chi connectivity index (χ4v) is 6.91. The molecule has 0 N–H and O–H groups in total. The second-order valence-corrected chi connectivity index (χ2v) is 10.3. The molecule has 0 unspecified atom stereocenters. The number of hydrogen-bond acceptors (Lipinski definition) is 2. The van der Waals surface area contributed by atoms with Gasteiger partial charge < -0.3 is 4.42 Å². The van der Waals surface area contributed by atoms with Crippen LogP contribution in [0.2, 0.25) is 0 Å². The predicted molar refractivity (Wildman–Crippen MR) is 137 cm³/mol. The summed E-state index contributed by atoms with van der Waals surface area (Å²) in [6.45, 7) is 0. The Kier molecular flexibility index (Phi) is 3.96. The molecule has 0 spiro atoms. The van der Waals surface area contributed by atoms with Crippen molar-refractivity contribution in [2.75, 3.05) is 0 Å². The van der Waals surface area contributed by atoms with Crippen LogP contribution in [0.15, 0.2) is 77.2 Å². The summed E-state index contributed by atoms with van der Waals surface area (Å²) in [5, 5.41) is 5.09. The second-order valence-electron chi connectivity index (χ2n) is 6.86. The first-order valence-corrected chi connectivity index (χ1v) is 11.9. The minimum Gasteiger partial charge on any atom is -0.456 e. The van der Waals surface area contributed by atoms with E-state index in [1.54, 1.807) is 0 Å². The maximum Gasteiger partial charge on any atom is 0.137 e. The summed E-state index contributed by atoms with van der Waals surface area (Å²) in [6, 6.07) is 26.1. The van der Waals surface area contributed by atoms with Crippen LogP contribution in [-0.4, -0.2) is 0 Å². The summed E-state index contributed by atoms with van der Waals surface area (Å²) in [5.41, 5.74) is 4.32. The van der Waals surface area contributed by atoms with Crippen LogP contribution >= 0.6 is 56.5 Å². The lowest BCUT2D eigenvalue weighted by Gasteiger charge is -2.05. The monoisotopic (exact) mass is 602 g/mol. The molecule has 0 aliphatic heterocycles. The lowest BCUT2D eigenvalue weighted by atomic mass is 10.0. The van der Waals surface area contributed by atoms with Crippen LogP contribution in [0.5, 0.6) is 0 Å². The zero-order chi connectivity index (χ0) is 18.8. The highest BCUT2D eigenvalue weighted by atomic mass is 127. The number of halogens is 2. The molecule has 4 aromatic carbocycles. The average Bonchev–Trinajstić information content (AvgIpc) is 3.26. The van der Waals surface area contributed by atoms with Crippen molar-refractivity contribution >= 4 is 98.6 Å². The quantitative estimate of drug-likeness (QED) is 0.172. The van der Waals surface area contributed by atoms with Crippen molar-refractivity contribution in [3.63, 3.8) is 0 Å². The maximum atomic E-state index is 6.15. The van der Waals surface area contributed by atoms with E-state index in [1.807, 2.05) is 23.5 Å². The molecular formula is C24H12I2OS. The van der Waals surface area contributed by atoms with Gasteiger partial charge in [-0.25, -0.2) is 0 Å². The average molecular weight is 602 g/mol. The molecule has 6 rings (SSSR count). The van der Waals surface area contributed by atoms with Gasteiger partial charge >= 0.3 is 0 Å². The van der Waals surface area contributed by atoms with E-state index in [0.29, 0.717) is 0 Å². The molecular weight excluding hydrogens is 590 g/mol. The van der Waals surface area contributed by atoms with Gasteiger partial charge in [0.15, 0.2) is 0 Å². The first kappa shape index (κ1) is 17.2. The molecule has 0 radical (unpaired) electrons. The Balaban J connectivity index is 1.63. The molecule has 0 saturated heterocycles. The highest BCUT2D eigenvalue weighted by molar-refractivity contribution is 14.1. The topological polar surface area (TPSA) is 13.1 Å². The molecule has 0 amide bonds. The van der Waals surface area contributed by atoms with Gasteiger partial charge in [0.1, 0.15) is 11.2 Å². The Morgan fingerprint density at radius 1 is 0.607 bits per heavy atom. The van der Waals surface area contributed by atoms with E-state index < -0.39 is 0 Å². The zero-order valence-corrected chi connectivity index (χ0v) is 19.6. The Morgan fingerprint density at radius 2 is 1.50 bits per heavy atom. The van der Waals surface area contributed by atoms with E-state index in [9.17, 15) is 0 Å². The van der Waals surface area contributed by atoms with Gasteiger partial charge in [0.2, 0.25) is 0 Å². The first-order valence-electron chi connectivity index (χ1n) is 8.91. The molecule has 0 fully saturated rings. The summed E-state index contributed by atoms with van der Waals surface area (Å²) in [6.07, 6.45) is 0. The third-order valence-electron chi connectivity index (χ3n) is 5.21. The van der Waals surface area contributed by atoms with E-state index in [-0.39, 0.29) is 0 Å². The van der Waals surface area contributed by atoms with Gasteiger partial charge in [-0.15, -0.1) is 11.3 Å². The van der Waals surface area contributed by atoms with Gasteiger partial charge in [-0.05, 0) is 98.8 Å². The molecule has 0 aliphatic carbocycles. The van der Waals surface area contributed by atoms with Crippen LogP contribution in [0.3, 0.4) is 0 Å². The number of furan rings is 1. The highest BCUT2D eigenvalue weighted by Gasteiger charge is 2.14. The van der Waals surface area contributed by atoms with Gasteiger partial charge in [0.25, 0.3) is 0 Å². The van der Waals surface area contributed by atoms with Crippen molar-refractivity contribution in [3.05, 3.63) is 79.9 Å². The minimum absolute atomic E-state index is 0.946. The summed E-state index contributed by atoms with van der Waals surface area (Å²) in [5.74, 6) is 0. The summed E-state index contributed by atoms with van der Waals surface area (Å²) >= 11 is 6.74. The van der Waals surface area contributed by atoms with Crippen molar-refractivity contribution in [2.24, 2.45) is 0 Å². The fourth-order valence-electron chi connectivity index (χ4n) is 3.93. The van der Waals surface area contributed by atoms with E-state index in [1.165, 1.54) is 49.2 Å². The number of rotatable bonds is 1. The van der Waals surface area contributed by atoms with E-state index in [0.717, 1.165) is 11.2 Å². The van der Waals surface area contributed by atoms with E-state index >= 15 is 0 Å². The van der Waals surface area contributed by atoms with Gasteiger partial charge in [0.05, 0.1) is 0 Å². The van der Waals surface area contributed by atoms with Gasteiger partial charge in [-0.3, -0.25) is 0 Å². The molecule has 2 aromatic heterocycles. The SMILES string of the molecule is Ic1cc(-c2ccc3sc4cccc(I)c4c3c2)cc2oc3ccccc3c12. The van der Waals surface area contributed by atoms with Crippen molar-refractivity contribution in [1.82, 2.24) is 0 Å². The van der Waals surface area contributed by atoms with Crippen LogP contribution in [-0.2, 0) is 0 Å².